The number of fused-ring (bicyclic) bond motifs is 3. The first-order valence-corrected chi connectivity index (χ1v) is 23.9. The molecule has 0 unspecified atom stereocenters. The Bertz CT molecular complexity index is 3480. The predicted octanol–water partition coefficient (Wildman–Crippen LogP) is 14.3. The molecule has 65 heavy (non-hydrogen) atoms. The van der Waals surface area contributed by atoms with Gasteiger partial charge in [0.1, 0.15) is 0 Å². The van der Waals surface area contributed by atoms with Crippen LogP contribution in [0.3, 0.4) is 0 Å². The van der Waals surface area contributed by atoms with Gasteiger partial charge in [-0.2, -0.15) is 0 Å². The monoisotopic (exact) mass is 1030 g/mol. The third-order valence-electron chi connectivity index (χ3n) is 13.6. The molecule has 0 N–H and O–H groups in total. The van der Waals surface area contributed by atoms with Crippen molar-refractivity contribution in [2.75, 3.05) is 0 Å². The van der Waals surface area contributed by atoms with Crippen molar-refractivity contribution in [3.8, 4) is 34.1 Å². The summed E-state index contributed by atoms with van der Waals surface area (Å²) in [6.07, 6.45) is 8.38. The molecule has 6 heteroatoms. The number of benzene rings is 6. The second-order valence-electron chi connectivity index (χ2n) is 19.2. The molecule has 0 atom stereocenters. The molecule has 0 saturated carbocycles. The minimum absolute atomic E-state index is 0.0670. The van der Waals surface area contributed by atoms with E-state index in [0.717, 1.165) is 80.0 Å². The van der Waals surface area contributed by atoms with Gasteiger partial charge in [-0.3, -0.25) is 0 Å². The van der Waals surface area contributed by atoms with Gasteiger partial charge in [-0.1, -0.05) is 101 Å². The van der Waals surface area contributed by atoms with Crippen LogP contribution >= 0.6 is 0 Å². The van der Waals surface area contributed by atoms with Crippen molar-refractivity contribution in [3.63, 3.8) is 0 Å². The van der Waals surface area contributed by atoms with Gasteiger partial charge in [-0.15, -0.1) is 0 Å². The van der Waals surface area contributed by atoms with Crippen LogP contribution < -0.4 is 4.74 Å². The van der Waals surface area contributed by atoms with E-state index in [1.165, 1.54) is 50.0 Å². The molecule has 324 valence electrons. The summed E-state index contributed by atoms with van der Waals surface area (Å²) in [6, 6.07) is 59.6. The molecule has 14 rings (SSSR count). The normalized spacial score (nSPS) is 13.2. The van der Waals surface area contributed by atoms with E-state index in [1.54, 1.807) is 0 Å². The van der Waals surface area contributed by atoms with Gasteiger partial charge in [0.25, 0.3) is 0 Å². The van der Waals surface area contributed by atoms with Crippen LogP contribution in [0, 0.1) is 3.80 Å². The number of imidazole rings is 1. The average molecular weight is 1030 g/mol. The van der Waals surface area contributed by atoms with Crippen LogP contribution in [0.25, 0.3) is 50.0 Å². The molecule has 0 fully saturated rings. The molecule has 2 aliphatic heterocycles. The Morgan fingerprint density at radius 1 is 0.569 bits per heavy atom. The number of ether oxygens (including phenoxy) is 1. The molecule has 5 nitrogen and oxygen atoms in total. The summed E-state index contributed by atoms with van der Waals surface area (Å²) in [5.74, 6) is 2.42. The number of para-hydroxylation sites is 1. The summed E-state index contributed by atoms with van der Waals surface area (Å²) in [5, 5.41) is 2.33. The number of hydrogen-bond acceptors (Lipinski definition) is 2. The molecule has 0 amide bonds. The van der Waals surface area contributed by atoms with Gasteiger partial charge < -0.3 is 0 Å². The Hall–Kier alpha value is -6.55. The van der Waals surface area contributed by atoms with E-state index in [4.69, 9.17) is 9.72 Å². The average Bonchev–Trinajstić information content (AvgIpc) is 3.84. The molecule has 6 aromatic carbocycles. The van der Waals surface area contributed by atoms with Gasteiger partial charge >= 0.3 is 248 Å². The quantitative estimate of drug-likeness (QED) is 0.159. The summed E-state index contributed by atoms with van der Waals surface area (Å²) >= 11 is 2.50. The van der Waals surface area contributed by atoms with Crippen molar-refractivity contribution in [1.29, 1.82) is 0 Å². The van der Waals surface area contributed by atoms with Crippen LogP contribution in [-0.4, -0.2) is 18.5 Å². The number of nitrogens with zero attached hydrogens (tertiary/aromatic N) is 4. The van der Waals surface area contributed by atoms with Crippen LogP contribution in [0.5, 0.6) is 11.5 Å². The van der Waals surface area contributed by atoms with Gasteiger partial charge in [0, 0.05) is 17.2 Å². The molecule has 4 bridgehead atoms. The van der Waals surface area contributed by atoms with Crippen LogP contribution in [0.4, 0.5) is 0 Å². The van der Waals surface area contributed by atoms with Crippen molar-refractivity contribution in [3.05, 3.63) is 219 Å². The fourth-order valence-corrected chi connectivity index (χ4v) is 10.9. The number of aryl methyl sites for hydroxylation is 4. The van der Waals surface area contributed by atoms with Gasteiger partial charge in [-0.05, 0) is 27.7 Å². The Morgan fingerprint density at radius 2 is 1.28 bits per heavy atom. The molecule has 10 aromatic rings. The summed E-state index contributed by atoms with van der Waals surface area (Å²) in [7, 11) is 0. The zero-order valence-electron chi connectivity index (χ0n) is 37.6. The first-order chi connectivity index (χ1) is 31.5. The fraction of sp³-hybridized carbons (Fsp3) is 0.186. The maximum atomic E-state index is 6.81. The third kappa shape index (κ3) is 7.50. The minimum atomic E-state index is -0.319. The van der Waals surface area contributed by atoms with Crippen molar-refractivity contribution >= 4 is 27.3 Å². The summed E-state index contributed by atoms with van der Waals surface area (Å²) in [4.78, 5) is 5.29. The first kappa shape index (κ1) is 41.2. The molecule has 0 radical (unpaired) electrons. The van der Waals surface area contributed by atoms with E-state index >= 15 is 0 Å². The first-order valence-electron chi connectivity index (χ1n) is 22.8. The van der Waals surface area contributed by atoms with Crippen molar-refractivity contribution < 1.29 is 24.1 Å². The van der Waals surface area contributed by atoms with E-state index < -0.39 is 0 Å². The van der Waals surface area contributed by atoms with E-state index in [2.05, 4.69) is 244 Å². The Morgan fingerprint density at radius 3 is 2.05 bits per heavy atom. The standard InChI is InChI=1S/C59H52N4O.Pt/c1-58(2,3)44-28-25-42(26-29-44)52-37-60-57(36-53(52)59(4,5)45-12-7-6-8-13-45)63-54-17-10-9-16-50(54)51-33-32-49(35-55(51)63)64-48-15-11-14-47(34-48)61-38-56-43-24-22-40-18-20-41(21-19-40)23-30-46(31-27-43)62(56)39-61;/h6-21,25-29,31-38H,22-24,30H2,1-5H3;. The van der Waals surface area contributed by atoms with Crippen molar-refractivity contribution in [1.82, 2.24) is 18.5 Å². The predicted molar refractivity (Wildman–Crippen MR) is 263 cm³/mol. The molecule has 4 aromatic heterocycles. The summed E-state index contributed by atoms with van der Waals surface area (Å²) in [6.45, 7) is 11.4. The third-order valence-corrected chi connectivity index (χ3v) is 14.7. The van der Waals surface area contributed by atoms with Gasteiger partial charge in [0.2, 0.25) is 0 Å². The van der Waals surface area contributed by atoms with Gasteiger partial charge in [0.15, 0.2) is 0 Å². The Balaban J connectivity index is 0.991. The van der Waals surface area contributed by atoms with E-state index in [0.29, 0.717) is 0 Å². The minimum Gasteiger partial charge on any atom is -0.0622 e. The molecular weight excluding hydrogens is 976 g/mol. The van der Waals surface area contributed by atoms with Crippen molar-refractivity contribution in [2.45, 2.75) is 71.1 Å². The zero-order valence-corrected chi connectivity index (χ0v) is 39.9. The maximum absolute atomic E-state index is 6.81. The summed E-state index contributed by atoms with van der Waals surface area (Å²) in [5.41, 5.74) is 15.7. The van der Waals surface area contributed by atoms with Gasteiger partial charge in [-0.25, -0.2) is 0 Å². The fourth-order valence-electron chi connectivity index (χ4n) is 9.85. The number of aromatic nitrogens is 4. The Labute approximate surface area is 392 Å². The Kier molecular flexibility index (Phi) is 10.2. The molecule has 0 saturated heterocycles. The van der Waals surface area contributed by atoms with Crippen LogP contribution in [-0.2, 0) is 55.9 Å². The van der Waals surface area contributed by atoms with E-state index in [-0.39, 0.29) is 10.8 Å². The van der Waals surface area contributed by atoms with Crippen LogP contribution in [0.15, 0.2) is 176 Å². The van der Waals surface area contributed by atoms with Crippen LogP contribution in [0.1, 0.15) is 73.7 Å². The van der Waals surface area contributed by atoms with E-state index in [1.807, 2.05) is 0 Å². The van der Waals surface area contributed by atoms with Crippen molar-refractivity contribution in [2.24, 2.45) is 0 Å². The molecule has 0 spiro atoms. The topological polar surface area (TPSA) is 36.4 Å². The molecular formula is C59H52N4OPt. The summed E-state index contributed by atoms with van der Waals surface area (Å²) < 4.78 is 15.0. The second-order valence-corrected chi connectivity index (χ2v) is 20.2. The second kappa shape index (κ2) is 16.2. The number of rotatable bonds is 7. The molecule has 2 aliphatic carbocycles. The zero-order chi connectivity index (χ0) is 44.5. The molecule has 4 aliphatic rings. The van der Waals surface area contributed by atoms with Gasteiger partial charge in [0.05, 0.1) is 0 Å². The van der Waals surface area contributed by atoms with E-state index in [9.17, 15) is 0 Å². The number of pyridine rings is 2. The SMILES string of the molecule is CC(C)(C)c1ccc(-c2cnc(-n3c4ccccc4c4ccc(Oc5cccc(-n6cc7c8ccc(n7[c]6=[Pt])CCc6ccc(cc6)CC8)c5)cc43)cc2C(C)(C)c2ccccc2)cc1. The molecule has 6 heterocycles. The van der Waals surface area contributed by atoms with Crippen LogP contribution in [0.2, 0.25) is 0 Å². The number of hydrogen-bond donors (Lipinski definition) is 0. The smallest absolute Gasteiger partial charge is 0.0622 e.